The molecule has 1 atom stereocenters. The number of nitrogens with one attached hydrogen (secondary N) is 1. The van der Waals surface area contributed by atoms with E-state index in [1.807, 2.05) is 18.2 Å². The molecule has 106 valence electrons. The maximum Gasteiger partial charge on any atom is 0.131 e. The van der Waals surface area contributed by atoms with E-state index in [0.717, 1.165) is 19.7 Å². The van der Waals surface area contributed by atoms with Gasteiger partial charge < -0.3 is 5.32 Å². The second kappa shape index (κ2) is 6.49. The fourth-order valence-corrected chi connectivity index (χ4v) is 3.11. The van der Waals surface area contributed by atoms with E-state index >= 15 is 0 Å². The first-order valence-electron chi connectivity index (χ1n) is 6.01. The highest BCUT2D eigenvalue weighted by atomic mass is 127. The molecule has 0 fully saturated rings. The molecular weight excluding hydrogens is 439 g/mol. The number of hydrogen-bond acceptors (Lipinski definition) is 1. The number of halogens is 4. The fourth-order valence-electron chi connectivity index (χ4n) is 2.12. The topological polar surface area (TPSA) is 12.0 Å². The van der Waals surface area contributed by atoms with Crippen LogP contribution in [0.4, 0.5) is 8.78 Å². The SMILES string of the molecule is CNC(c1cc(C)c(F)cc1F)c1cc(I)ccc1Br. The molecule has 1 nitrogen and oxygen atoms in total. The summed E-state index contributed by atoms with van der Waals surface area (Å²) in [6, 6.07) is 8.03. The van der Waals surface area contributed by atoms with Crippen molar-refractivity contribution in [2.24, 2.45) is 0 Å². The van der Waals surface area contributed by atoms with Crippen molar-refractivity contribution >= 4 is 38.5 Å². The standard InChI is InChI=1S/C15H13BrF2IN/c1-8-5-11(14(18)7-13(8)17)15(20-2)10-6-9(19)3-4-12(10)16/h3-7,15,20H,1-2H3. The summed E-state index contributed by atoms with van der Waals surface area (Å²) in [7, 11) is 1.76. The third kappa shape index (κ3) is 3.20. The molecule has 0 aliphatic carbocycles. The minimum Gasteiger partial charge on any atom is -0.309 e. The van der Waals surface area contributed by atoms with E-state index in [0.29, 0.717) is 11.1 Å². The lowest BCUT2D eigenvalue weighted by molar-refractivity contribution is 0.547. The summed E-state index contributed by atoms with van der Waals surface area (Å²) in [4.78, 5) is 0. The molecule has 0 amide bonds. The number of benzene rings is 2. The Bertz CT molecular complexity index is 646. The van der Waals surface area contributed by atoms with Crippen LogP contribution < -0.4 is 5.32 Å². The van der Waals surface area contributed by atoms with Crippen molar-refractivity contribution in [1.29, 1.82) is 0 Å². The number of hydrogen-bond donors (Lipinski definition) is 1. The first-order chi connectivity index (χ1) is 9.43. The molecule has 2 rings (SSSR count). The van der Waals surface area contributed by atoms with Crippen LogP contribution in [0.1, 0.15) is 22.7 Å². The second-order valence-electron chi connectivity index (χ2n) is 4.51. The van der Waals surface area contributed by atoms with Crippen LogP contribution in [-0.4, -0.2) is 7.05 Å². The van der Waals surface area contributed by atoms with E-state index in [1.165, 1.54) is 0 Å². The predicted octanol–water partition coefficient (Wildman–Crippen LogP) is 4.95. The third-order valence-electron chi connectivity index (χ3n) is 3.15. The van der Waals surface area contributed by atoms with Crippen molar-refractivity contribution in [3.8, 4) is 0 Å². The fraction of sp³-hybridized carbons (Fsp3) is 0.200. The van der Waals surface area contributed by atoms with Gasteiger partial charge in [-0.15, -0.1) is 0 Å². The molecule has 0 spiro atoms. The molecule has 0 bridgehead atoms. The first-order valence-corrected chi connectivity index (χ1v) is 7.89. The lowest BCUT2D eigenvalue weighted by atomic mass is 9.97. The van der Waals surface area contributed by atoms with Gasteiger partial charge in [0, 0.05) is 19.7 Å². The average molecular weight is 452 g/mol. The highest BCUT2D eigenvalue weighted by molar-refractivity contribution is 14.1. The van der Waals surface area contributed by atoms with Gasteiger partial charge in [0.05, 0.1) is 6.04 Å². The van der Waals surface area contributed by atoms with Crippen LogP contribution in [-0.2, 0) is 0 Å². The zero-order valence-corrected chi connectivity index (χ0v) is 14.7. The van der Waals surface area contributed by atoms with Crippen LogP contribution in [0.3, 0.4) is 0 Å². The largest absolute Gasteiger partial charge is 0.309 e. The van der Waals surface area contributed by atoms with Gasteiger partial charge in [0.1, 0.15) is 11.6 Å². The Morgan fingerprint density at radius 2 is 1.80 bits per heavy atom. The highest BCUT2D eigenvalue weighted by Crippen LogP contribution is 2.32. The third-order valence-corrected chi connectivity index (χ3v) is 4.54. The molecule has 0 saturated carbocycles. The molecule has 0 aromatic heterocycles. The Balaban J connectivity index is 2.58. The number of aryl methyl sites for hydroxylation is 1. The van der Waals surface area contributed by atoms with E-state index in [9.17, 15) is 8.78 Å². The van der Waals surface area contributed by atoms with Crippen molar-refractivity contribution in [2.45, 2.75) is 13.0 Å². The second-order valence-corrected chi connectivity index (χ2v) is 6.61. The highest BCUT2D eigenvalue weighted by Gasteiger charge is 2.20. The van der Waals surface area contributed by atoms with Gasteiger partial charge in [-0.05, 0) is 72.0 Å². The maximum absolute atomic E-state index is 14.1. The van der Waals surface area contributed by atoms with E-state index in [4.69, 9.17) is 0 Å². The Kier molecular flexibility index (Phi) is 5.14. The molecule has 0 saturated heterocycles. The summed E-state index contributed by atoms with van der Waals surface area (Å²) >= 11 is 5.70. The molecule has 20 heavy (non-hydrogen) atoms. The van der Waals surface area contributed by atoms with E-state index in [1.54, 1.807) is 20.0 Å². The summed E-state index contributed by atoms with van der Waals surface area (Å²) in [6.45, 7) is 1.63. The lowest BCUT2D eigenvalue weighted by Crippen LogP contribution is -2.20. The first kappa shape index (κ1) is 15.9. The molecule has 2 aromatic carbocycles. The minimum absolute atomic E-state index is 0.335. The van der Waals surface area contributed by atoms with Gasteiger partial charge in [-0.3, -0.25) is 0 Å². The monoisotopic (exact) mass is 451 g/mol. The van der Waals surface area contributed by atoms with Crippen LogP contribution in [0.5, 0.6) is 0 Å². The van der Waals surface area contributed by atoms with Gasteiger partial charge in [0.25, 0.3) is 0 Å². The summed E-state index contributed by atoms with van der Waals surface area (Å²) in [5, 5.41) is 3.09. The van der Waals surface area contributed by atoms with Gasteiger partial charge in [-0.1, -0.05) is 15.9 Å². The minimum atomic E-state index is -0.543. The quantitative estimate of drug-likeness (QED) is 0.651. The Labute approximate surface area is 139 Å². The van der Waals surface area contributed by atoms with Crippen LogP contribution in [0.25, 0.3) is 0 Å². The molecule has 0 aliphatic rings. The molecule has 1 N–H and O–H groups in total. The van der Waals surface area contributed by atoms with Crippen molar-refractivity contribution in [3.05, 3.63) is 66.7 Å². The smallest absolute Gasteiger partial charge is 0.131 e. The van der Waals surface area contributed by atoms with Crippen molar-refractivity contribution in [1.82, 2.24) is 5.32 Å². The van der Waals surface area contributed by atoms with E-state index in [-0.39, 0.29) is 6.04 Å². The van der Waals surface area contributed by atoms with Crippen molar-refractivity contribution in [3.63, 3.8) is 0 Å². The van der Waals surface area contributed by atoms with Gasteiger partial charge in [0.15, 0.2) is 0 Å². The molecular formula is C15H13BrF2IN. The van der Waals surface area contributed by atoms with Crippen LogP contribution in [0, 0.1) is 22.1 Å². The van der Waals surface area contributed by atoms with Gasteiger partial charge in [-0.25, -0.2) is 8.78 Å². The van der Waals surface area contributed by atoms with Crippen LogP contribution in [0.2, 0.25) is 0 Å². The molecule has 0 radical (unpaired) electrons. The zero-order valence-electron chi connectivity index (χ0n) is 11.0. The zero-order chi connectivity index (χ0) is 14.9. The van der Waals surface area contributed by atoms with Crippen LogP contribution >= 0.6 is 38.5 Å². The summed E-state index contributed by atoms with van der Waals surface area (Å²) in [6.07, 6.45) is 0. The molecule has 2 aromatic rings. The Hall–Kier alpha value is -0.530. The van der Waals surface area contributed by atoms with Crippen molar-refractivity contribution < 1.29 is 8.78 Å². The number of rotatable bonds is 3. The average Bonchev–Trinajstić information content (AvgIpc) is 2.40. The van der Waals surface area contributed by atoms with Crippen molar-refractivity contribution in [2.75, 3.05) is 7.05 Å². The lowest BCUT2D eigenvalue weighted by Gasteiger charge is -2.20. The van der Waals surface area contributed by atoms with Gasteiger partial charge in [-0.2, -0.15) is 0 Å². The van der Waals surface area contributed by atoms with Gasteiger partial charge >= 0.3 is 0 Å². The summed E-state index contributed by atoms with van der Waals surface area (Å²) < 4.78 is 29.4. The Morgan fingerprint density at radius 3 is 2.45 bits per heavy atom. The maximum atomic E-state index is 14.1. The Morgan fingerprint density at radius 1 is 1.10 bits per heavy atom. The normalized spacial score (nSPS) is 12.5. The molecule has 5 heteroatoms. The predicted molar refractivity (Wildman–Crippen MR) is 88.9 cm³/mol. The molecule has 0 heterocycles. The summed E-state index contributed by atoms with van der Waals surface area (Å²) in [5.74, 6) is -1.07. The van der Waals surface area contributed by atoms with Gasteiger partial charge in [0.2, 0.25) is 0 Å². The van der Waals surface area contributed by atoms with E-state index in [2.05, 4.69) is 43.8 Å². The molecule has 0 aliphatic heterocycles. The molecule has 1 unspecified atom stereocenters. The van der Waals surface area contributed by atoms with E-state index < -0.39 is 11.6 Å². The van der Waals surface area contributed by atoms with Crippen LogP contribution in [0.15, 0.2) is 34.8 Å². The summed E-state index contributed by atoms with van der Waals surface area (Å²) in [5.41, 5.74) is 1.79.